The van der Waals surface area contributed by atoms with Crippen molar-refractivity contribution in [3.63, 3.8) is 0 Å². The molecule has 1 spiro atoms. The van der Waals surface area contributed by atoms with Gasteiger partial charge in [-0.3, -0.25) is 49.2 Å². The number of aliphatic imine (C=N–C) groups is 1. The Kier molecular flexibility index (Phi) is 15.9. The molecule has 3 aromatic rings. The molecule has 454 valence electrons. The van der Waals surface area contributed by atoms with E-state index < -0.39 is 53.9 Å². The second-order valence-electron chi connectivity index (χ2n) is 26.7. The number of esters is 1. The number of morpholine rings is 2. The number of likely N-dealkylation sites (tertiary alicyclic amines) is 1. The van der Waals surface area contributed by atoms with Gasteiger partial charge < -0.3 is 33.7 Å². The first-order chi connectivity index (χ1) is 40.4. The minimum atomic E-state index is -4.59. The molecule has 8 aliphatic heterocycles. The number of carbonyl (C=O) groups excluding carboxylic acids is 4. The molecule has 6 bridgehead atoms. The highest BCUT2D eigenvalue weighted by Crippen LogP contribution is 2.45. The molecule has 10 aliphatic rings. The summed E-state index contributed by atoms with van der Waals surface area (Å²) in [6.45, 7) is 11.8. The number of amides is 3. The standard InChI is InChI=1S/C63H83F3N10O8/c1-38(81-4)52-47(28-44(30-67-52)72-20-19-71-21-23-82-32-45(71)31-72)56-48-29-61(2,3)37-83-60(80)49-13-8-18-76(70-49)58(78)50(26-39-9-7-12-42(25-39)43-16-17-51(46(48)27-43)75(56)36-63(64,65)66)68-57(77)55(41-10-5-6-11-41)73-22-24-84-62(33-73)34-74(35-62)59(79)54-53(69-54)40-14-15-40/h7,9,12,16-17,25,27,30,38,40-41,44-45,49-50,53-55,69-70H,5-6,8,10-11,13-15,18-24,26,28-29,31-37H2,1-4H3,(H,68,77)/t38-,44+,45-,49-,50-,53+,54+,55-/m0/s1. The molecule has 21 heteroatoms. The lowest BCUT2D eigenvalue weighted by molar-refractivity contribution is -0.197. The molecule has 8 fully saturated rings. The maximum Gasteiger partial charge on any atom is 0.406 e. The molecule has 2 saturated carbocycles. The van der Waals surface area contributed by atoms with E-state index in [2.05, 4.69) is 30.8 Å². The van der Waals surface area contributed by atoms with E-state index in [1.807, 2.05) is 68.3 Å². The van der Waals surface area contributed by atoms with Crippen LogP contribution in [-0.2, 0) is 57.5 Å². The van der Waals surface area contributed by atoms with Crippen molar-refractivity contribution < 1.29 is 51.3 Å². The van der Waals surface area contributed by atoms with E-state index in [4.69, 9.17) is 23.9 Å². The Labute approximate surface area is 490 Å². The number of carbonyl (C=O) groups is 4. The number of fused-ring (bicyclic) bond motifs is 7. The quantitative estimate of drug-likeness (QED) is 0.165. The molecular weight excluding hydrogens is 1080 g/mol. The average molecular weight is 1170 g/mol. The van der Waals surface area contributed by atoms with E-state index >= 15 is 22.8 Å². The number of ether oxygens (including phenoxy) is 4. The van der Waals surface area contributed by atoms with Gasteiger partial charge in [0.15, 0.2) is 0 Å². The van der Waals surface area contributed by atoms with Crippen molar-refractivity contribution in [2.45, 2.75) is 158 Å². The molecular formula is C63H83F3N10O8. The number of aromatic nitrogens is 1. The molecule has 1 aromatic heterocycles. The lowest BCUT2D eigenvalue weighted by atomic mass is 9.83. The Morgan fingerprint density at radius 1 is 0.917 bits per heavy atom. The van der Waals surface area contributed by atoms with E-state index in [1.54, 1.807) is 13.2 Å². The highest BCUT2D eigenvalue weighted by Gasteiger charge is 2.58. The number of hydrogen-bond acceptors (Lipinski definition) is 14. The molecule has 0 unspecified atom stereocenters. The van der Waals surface area contributed by atoms with Gasteiger partial charge in [-0.25, -0.2) is 5.43 Å². The number of benzene rings is 2. The van der Waals surface area contributed by atoms with Gasteiger partial charge in [0.2, 0.25) is 11.8 Å². The third-order valence-corrected chi connectivity index (χ3v) is 20.0. The zero-order valence-electron chi connectivity index (χ0n) is 49.1. The molecule has 3 amide bonds. The van der Waals surface area contributed by atoms with E-state index in [0.29, 0.717) is 111 Å². The van der Waals surface area contributed by atoms with Crippen molar-refractivity contribution in [3.8, 4) is 11.1 Å². The predicted molar refractivity (Wildman–Crippen MR) is 309 cm³/mol. The molecule has 13 rings (SSSR count). The van der Waals surface area contributed by atoms with Crippen LogP contribution in [0.1, 0.15) is 95.4 Å². The molecule has 84 heavy (non-hydrogen) atoms. The minimum absolute atomic E-state index is 0.0554. The molecule has 18 nitrogen and oxygen atoms in total. The van der Waals surface area contributed by atoms with Crippen molar-refractivity contribution in [1.82, 2.24) is 45.2 Å². The maximum atomic E-state index is 15.3. The van der Waals surface area contributed by atoms with Gasteiger partial charge in [-0.1, -0.05) is 57.0 Å². The van der Waals surface area contributed by atoms with Gasteiger partial charge in [-0.05, 0) is 105 Å². The van der Waals surface area contributed by atoms with Crippen LogP contribution in [0.5, 0.6) is 0 Å². The largest absolute Gasteiger partial charge is 0.464 e. The van der Waals surface area contributed by atoms with Gasteiger partial charge in [-0.15, -0.1) is 0 Å². The number of halogens is 3. The smallest absolute Gasteiger partial charge is 0.406 e. The number of nitrogens with one attached hydrogen (secondary N) is 3. The Balaban J connectivity index is 0.846. The van der Waals surface area contributed by atoms with Crippen LogP contribution in [0, 0.1) is 17.3 Å². The third-order valence-electron chi connectivity index (χ3n) is 20.0. The second-order valence-corrected chi connectivity index (χ2v) is 26.7. The monoisotopic (exact) mass is 1160 g/mol. The van der Waals surface area contributed by atoms with E-state index in [1.165, 1.54) is 22.4 Å². The summed E-state index contributed by atoms with van der Waals surface area (Å²) in [6.07, 6.45) is 4.58. The van der Waals surface area contributed by atoms with Crippen LogP contribution in [0.2, 0.25) is 0 Å². The van der Waals surface area contributed by atoms with Gasteiger partial charge >= 0.3 is 12.1 Å². The van der Waals surface area contributed by atoms with Crippen LogP contribution in [0.3, 0.4) is 0 Å². The van der Waals surface area contributed by atoms with Crippen LogP contribution in [0.25, 0.3) is 27.6 Å². The summed E-state index contributed by atoms with van der Waals surface area (Å²) < 4.78 is 71.8. The summed E-state index contributed by atoms with van der Waals surface area (Å²) in [7, 11) is 1.59. The van der Waals surface area contributed by atoms with Crippen LogP contribution in [0.15, 0.2) is 53.2 Å². The summed E-state index contributed by atoms with van der Waals surface area (Å²) in [5.74, 6) is -0.364. The fourth-order valence-electron chi connectivity index (χ4n) is 15.3. The zero-order valence-corrected chi connectivity index (χ0v) is 49.1. The Morgan fingerprint density at radius 3 is 2.50 bits per heavy atom. The number of hydrazine groups is 1. The average Bonchev–Trinajstić information content (AvgIpc) is 1.78. The van der Waals surface area contributed by atoms with Crippen molar-refractivity contribution >= 4 is 46.4 Å². The number of methoxy groups -OCH3 is 1. The Morgan fingerprint density at radius 2 is 1.71 bits per heavy atom. The van der Waals surface area contributed by atoms with E-state index in [0.717, 1.165) is 68.6 Å². The van der Waals surface area contributed by atoms with Crippen molar-refractivity contribution in [3.05, 3.63) is 65.0 Å². The number of hydrogen-bond donors (Lipinski definition) is 3. The first-order valence-electron chi connectivity index (χ1n) is 31.1. The Bertz CT molecular complexity index is 3080. The van der Waals surface area contributed by atoms with Gasteiger partial charge in [0, 0.05) is 106 Å². The third kappa shape index (κ3) is 11.9. The van der Waals surface area contributed by atoms with Crippen LogP contribution < -0.4 is 16.1 Å². The number of nitrogens with zero attached hydrogens (tertiary/aromatic N) is 7. The summed E-state index contributed by atoms with van der Waals surface area (Å²) in [5, 5.41) is 8.80. The SMILES string of the molecule is CO[C@@H](C)C1=C(c2c3c4cc(ccc4n2CC(F)(F)F)-c2cccc(c2)C[C@H](NC(=O)[C@H](C2CCCC2)N2CCOC4(CN(C(=O)[C@@H]5N[C@@H]5C5CC5)C4)C2)C(=O)N2CCC[C@H](N2)C(=O)OCC(C)(C)C3)C[C@@H](N2CCN3CCOC[C@@H]3C2)C=N1. The summed E-state index contributed by atoms with van der Waals surface area (Å²) in [4.78, 5) is 72.3. The molecule has 6 saturated heterocycles. The molecule has 8 atom stereocenters. The minimum Gasteiger partial charge on any atom is -0.464 e. The maximum absolute atomic E-state index is 15.3. The highest BCUT2D eigenvalue weighted by atomic mass is 19.4. The number of piperazine rings is 1. The van der Waals surface area contributed by atoms with Crippen molar-refractivity contribution in [2.75, 3.05) is 92.4 Å². The molecule has 9 heterocycles. The number of rotatable bonds is 11. The van der Waals surface area contributed by atoms with Gasteiger partial charge in [0.1, 0.15) is 30.3 Å². The van der Waals surface area contributed by atoms with Crippen LogP contribution in [0.4, 0.5) is 13.2 Å². The zero-order chi connectivity index (χ0) is 58.2. The topological polar surface area (TPSA) is 185 Å². The van der Waals surface area contributed by atoms with Gasteiger partial charge in [0.25, 0.3) is 5.91 Å². The van der Waals surface area contributed by atoms with Crippen molar-refractivity contribution in [2.24, 2.45) is 22.2 Å². The molecule has 3 N–H and O–H groups in total. The number of alkyl halides is 3. The van der Waals surface area contributed by atoms with Crippen LogP contribution >= 0.6 is 0 Å². The summed E-state index contributed by atoms with van der Waals surface area (Å²) >= 11 is 0. The van der Waals surface area contributed by atoms with E-state index in [9.17, 15) is 9.59 Å². The Hall–Kier alpha value is -5.26. The molecule has 2 aromatic carbocycles. The molecule has 2 aliphatic carbocycles. The fraction of sp³-hybridized carbons (Fsp3) is 0.667. The van der Waals surface area contributed by atoms with Gasteiger partial charge in [-0.2, -0.15) is 13.2 Å². The van der Waals surface area contributed by atoms with Gasteiger partial charge in [0.05, 0.1) is 63.1 Å². The lowest BCUT2D eigenvalue weighted by Gasteiger charge is -2.55. The van der Waals surface area contributed by atoms with E-state index in [-0.39, 0.29) is 67.3 Å². The first-order valence-corrected chi connectivity index (χ1v) is 31.1. The predicted octanol–water partition coefficient (Wildman–Crippen LogP) is 5.35. The summed E-state index contributed by atoms with van der Waals surface area (Å²) in [6, 6.07) is 11.2. The lowest BCUT2D eigenvalue weighted by Crippen LogP contribution is -2.73. The van der Waals surface area contributed by atoms with Crippen molar-refractivity contribution in [1.29, 1.82) is 0 Å². The second kappa shape index (κ2) is 23.1. The van der Waals surface area contributed by atoms with Crippen LogP contribution in [-0.4, -0.2) is 212 Å². The normalized spacial score (nSPS) is 29.8. The first kappa shape index (κ1) is 57.8. The molecule has 0 radical (unpaired) electrons. The fourth-order valence-corrected chi connectivity index (χ4v) is 15.3. The number of cyclic esters (lactones) is 1. The highest BCUT2D eigenvalue weighted by molar-refractivity contribution is 5.96. The summed E-state index contributed by atoms with van der Waals surface area (Å²) in [5.41, 5.74) is 6.99.